The Kier molecular flexibility index (Phi) is 11.1. The molecule has 0 amide bonds. The molecule has 10 nitrogen and oxygen atoms in total. The van der Waals surface area contributed by atoms with Gasteiger partial charge in [-0.15, -0.1) is 0 Å². The average molecular weight is 668 g/mol. The Morgan fingerprint density at radius 1 is 1.02 bits per heavy atom. The highest BCUT2D eigenvalue weighted by atomic mass is 35.5. The van der Waals surface area contributed by atoms with Crippen LogP contribution in [0.5, 0.6) is 5.75 Å². The van der Waals surface area contributed by atoms with Crippen LogP contribution in [0.2, 0.25) is 5.02 Å². The number of nitriles is 1. The fraction of sp³-hybridized carbons (Fsp3) is 0.270. The molecule has 1 N–H and O–H groups in total. The highest BCUT2D eigenvalue weighted by molar-refractivity contribution is 6.31. The second-order valence-electron chi connectivity index (χ2n) is 11.3. The van der Waals surface area contributed by atoms with Gasteiger partial charge in [-0.3, -0.25) is 14.4 Å². The molecule has 1 saturated heterocycles. The van der Waals surface area contributed by atoms with Gasteiger partial charge in [0.25, 0.3) is 5.56 Å². The number of aromatic nitrogens is 1. The predicted octanol–water partition coefficient (Wildman–Crippen LogP) is 5.44. The number of ketones is 1. The Bertz CT molecular complexity index is 1900. The summed E-state index contributed by atoms with van der Waals surface area (Å²) in [6, 6.07) is 22.4. The number of pyridine rings is 1. The van der Waals surface area contributed by atoms with Crippen molar-refractivity contribution in [3.63, 3.8) is 0 Å². The fourth-order valence-corrected chi connectivity index (χ4v) is 5.88. The summed E-state index contributed by atoms with van der Waals surface area (Å²) in [6.07, 6.45) is 1.62. The van der Waals surface area contributed by atoms with Gasteiger partial charge in [-0.1, -0.05) is 61.0 Å². The number of hydrogen-bond acceptors (Lipinski definition) is 9. The van der Waals surface area contributed by atoms with E-state index >= 15 is 0 Å². The number of ether oxygens (including phenoxy) is 3. The molecule has 5 rings (SSSR count). The largest absolute Gasteiger partial charge is 0.495 e. The third kappa shape index (κ3) is 7.82. The van der Waals surface area contributed by atoms with Crippen LogP contribution in [-0.2, 0) is 32.1 Å². The Morgan fingerprint density at radius 2 is 1.77 bits per heavy atom. The van der Waals surface area contributed by atoms with Gasteiger partial charge >= 0.3 is 11.9 Å². The van der Waals surface area contributed by atoms with Crippen molar-refractivity contribution in [1.82, 2.24) is 9.88 Å². The Balaban J connectivity index is 1.24. The SMILES string of the molecule is CCC(C(=O)Cc1ccc(C(=O)O[C@H]2CCN[C@@H]2C(=O)OCc2ccccc2)cc1)n1cc(OC)c(-c2cc(Cl)ccc2C#N)cc1=O. The second kappa shape index (κ2) is 15.6. The van der Waals surface area contributed by atoms with E-state index in [9.17, 15) is 24.4 Å². The van der Waals surface area contributed by atoms with Crippen molar-refractivity contribution >= 4 is 29.3 Å². The smallest absolute Gasteiger partial charge is 0.338 e. The fourth-order valence-electron chi connectivity index (χ4n) is 5.70. The molecule has 0 spiro atoms. The first-order chi connectivity index (χ1) is 23.2. The van der Waals surface area contributed by atoms with Gasteiger partial charge in [0, 0.05) is 28.6 Å². The zero-order valence-corrected chi connectivity index (χ0v) is 27.2. The van der Waals surface area contributed by atoms with Crippen LogP contribution in [0.15, 0.2) is 89.9 Å². The van der Waals surface area contributed by atoms with E-state index in [4.69, 9.17) is 25.8 Å². The van der Waals surface area contributed by atoms with Gasteiger partial charge < -0.3 is 24.1 Å². The first kappa shape index (κ1) is 34.1. The minimum Gasteiger partial charge on any atom is -0.495 e. The van der Waals surface area contributed by atoms with Crippen molar-refractivity contribution in [1.29, 1.82) is 5.26 Å². The van der Waals surface area contributed by atoms with Gasteiger partial charge in [0.05, 0.1) is 36.5 Å². The molecular weight excluding hydrogens is 634 g/mol. The molecule has 0 bridgehead atoms. The molecule has 4 aromatic rings. The Labute approximate surface area is 282 Å². The highest BCUT2D eigenvalue weighted by Gasteiger charge is 2.37. The van der Waals surface area contributed by atoms with Crippen molar-refractivity contribution in [2.75, 3.05) is 13.7 Å². The van der Waals surface area contributed by atoms with E-state index in [-0.39, 0.29) is 24.4 Å². The maximum Gasteiger partial charge on any atom is 0.338 e. The molecule has 0 aliphatic carbocycles. The summed E-state index contributed by atoms with van der Waals surface area (Å²) >= 11 is 6.17. The molecule has 1 unspecified atom stereocenters. The number of benzene rings is 3. The summed E-state index contributed by atoms with van der Waals surface area (Å²) in [5.41, 5.74) is 2.51. The Hall–Kier alpha value is -5.24. The van der Waals surface area contributed by atoms with E-state index in [1.54, 1.807) is 42.5 Å². The first-order valence-electron chi connectivity index (χ1n) is 15.5. The quantitative estimate of drug-likeness (QED) is 0.196. The number of nitrogens with one attached hydrogen (secondary N) is 1. The molecule has 1 aliphatic heterocycles. The lowest BCUT2D eigenvalue weighted by atomic mass is 9.98. The van der Waals surface area contributed by atoms with E-state index in [2.05, 4.69) is 11.4 Å². The van der Waals surface area contributed by atoms with E-state index in [0.717, 1.165) is 5.56 Å². The number of carbonyl (C=O) groups excluding carboxylic acids is 3. The van der Waals surface area contributed by atoms with Crippen LogP contribution in [0.1, 0.15) is 52.9 Å². The predicted molar refractivity (Wildman–Crippen MR) is 179 cm³/mol. The van der Waals surface area contributed by atoms with Crippen LogP contribution >= 0.6 is 11.6 Å². The summed E-state index contributed by atoms with van der Waals surface area (Å²) in [7, 11) is 1.45. The second-order valence-corrected chi connectivity index (χ2v) is 11.8. The lowest BCUT2D eigenvalue weighted by Crippen LogP contribution is -2.41. The van der Waals surface area contributed by atoms with Crippen LogP contribution < -0.4 is 15.6 Å². The van der Waals surface area contributed by atoms with Crippen molar-refractivity contribution in [2.24, 2.45) is 0 Å². The number of halogens is 1. The molecule has 0 saturated carbocycles. The number of hydrogen-bond donors (Lipinski definition) is 1. The van der Waals surface area contributed by atoms with Gasteiger partial charge in [-0.2, -0.15) is 5.26 Å². The number of carbonyl (C=O) groups is 3. The Morgan fingerprint density at radius 3 is 2.46 bits per heavy atom. The highest BCUT2D eigenvalue weighted by Crippen LogP contribution is 2.33. The van der Waals surface area contributed by atoms with Crippen LogP contribution in [0.3, 0.4) is 0 Å². The molecule has 3 aromatic carbocycles. The van der Waals surface area contributed by atoms with E-state index < -0.39 is 35.7 Å². The summed E-state index contributed by atoms with van der Waals surface area (Å²) in [5, 5.41) is 13.0. The molecule has 2 heterocycles. The van der Waals surface area contributed by atoms with Gasteiger partial charge in [0.15, 0.2) is 5.78 Å². The minimum absolute atomic E-state index is 0.0130. The van der Waals surface area contributed by atoms with Crippen LogP contribution in [0, 0.1) is 11.3 Å². The van der Waals surface area contributed by atoms with Crippen molar-refractivity contribution in [3.8, 4) is 22.9 Å². The third-order valence-electron chi connectivity index (χ3n) is 8.22. The molecule has 48 heavy (non-hydrogen) atoms. The normalized spacial score (nSPS) is 16.0. The third-order valence-corrected chi connectivity index (χ3v) is 8.45. The average Bonchev–Trinajstić information content (AvgIpc) is 3.57. The lowest BCUT2D eigenvalue weighted by molar-refractivity contribution is -0.149. The zero-order valence-electron chi connectivity index (χ0n) is 26.5. The van der Waals surface area contributed by atoms with Gasteiger partial charge in [-0.05, 0) is 60.8 Å². The van der Waals surface area contributed by atoms with Crippen LogP contribution in [0.4, 0.5) is 0 Å². The summed E-state index contributed by atoms with van der Waals surface area (Å²) in [5.74, 6) is -0.978. The van der Waals surface area contributed by atoms with Crippen molar-refractivity contribution in [2.45, 2.75) is 51.0 Å². The zero-order chi connectivity index (χ0) is 34.2. The monoisotopic (exact) mass is 667 g/mol. The van der Waals surface area contributed by atoms with E-state index in [0.29, 0.717) is 52.4 Å². The van der Waals surface area contributed by atoms with E-state index in [1.807, 2.05) is 37.3 Å². The first-order valence-corrected chi connectivity index (χ1v) is 15.9. The molecule has 0 radical (unpaired) electrons. The van der Waals surface area contributed by atoms with Gasteiger partial charge in [0.2, 0.25) is 0 Å². The molecule has 246 valence electrons. The van der Waals surface area contributed by atoms with Crippen LogP contribution in [0.25, 0.3) is 11.1 Å². The molecule has 1 aromatic heterocycles. The minimum atomic E-state index is -0.784. The number of esters is 2. The maximum absolute atomic E-state index is 13.5. The number of methoxy groups -OCH3 is 1. The summed E-state index contributed by atoms with van der Waals surface area (Å²) < 4.78 is 18.0. The summed E-state index contributed by atoms with van der Waals surface area (Å²) in [4.78, 5) is 52.5. The van der Waals surface area contributed by atoms with Crippen molar-refractivity contribution < 1.29 is 28.6 Å². The number of nitrogens with zero attached hydrogens (tertiary/aromatic N) is 2. The molecule has 3 atom stereocenters. The number of Topliss-reactive ketones (excluding diaryl/α,β-unsaturated/α-hetero) is 1. The standard InChI is InChI=1S/C37H34ClN3O7/c1-3-30(41-21-33(46-2)29(19-34(41)43)28-18-27(38)14-13-26(28)20-39)31(42)17-23-9-11-25(12-10-23)36(44)48-32-15-16-40-35(32)37(45)47-22-24-7-5-4-6-8-24/h4-14,18-19,21,30,32,35,40H,3,15-17,22H2,1-2H3/t30?,32-,35-/m0/s1. The molecule has 11 heteroatoms. The summed E-state index contributed by atoms with van der Waals surface area (Å²) in [6.45, 7) is 2.43. The molecule has 1 fully saturated rings. The lowest BCUT2D eigenvalue weighted by Gasteiger charge is -2.20. The van der Waals surface area contributed by atoms with E-state index in [1.165, 1.54) is 23.9 Å². The topological polar surface area (TPSA) is 137 Å². The van der Waals surface area contributed by atoms with Gasteiger partial charge in [0.1, 0.15) is 24.5 Å². The van der Waals surface area contributed by atoms with Crippen LogP contribution in [-0.4, -0.2) is 48.1 Å². The maximum atomic E-state index is 13.5. The number of rotatable bonds is 12. The molecular formula is C37H34ClN3O7. The molecule has 1 aliphatic rings. The van der Waals surface area contributed by atoms with Crippen molar-refractivity contribution in [3.05, 3.63) is 123 Å². The van der Waals surface area contributed by atoms with Gasteiger partial charge in [-0.25, -0.2) is 4.79 Å².